The zero-order valence-electron chi connectivity index (χ0n) is 10.1. The molecule has 1 N–H and O–H groups in total. The van der Waals surface area contributed by atoms with Gasteiger partial charge in [0, 0.05) is 30.9 Å². The fraction of sp³-hybridized carbons (Fsp3) is 0.667. The van der Waals surface area contributed by atoms with Crippen LogP contribution in [0.4, 0.5) is 5.82 Å². The maximum Gasteiger partial charge on any atom is 0.132 e. The summed E-state index contributed by atoms with van der Waals surface area (Å²) in [4.78, 5) is 10.9. The van der Waals surface area contributed by atoms with Gasteiger partial charge in [0.1, 0.15) is 12.1 Å². The summed E-state index contributed by atoms with van der Waals surface area (Å²) >= 11 is 0. The van der Waals surface area contributed by atoms with Gasteiger partial charge in [-0.25, -0.2) is 9.97 Å². The summed E-state index contributed by atoms with van der Waals surface area (Å²) in [5.74, 6) is 1.06. The van der Waals surface area contributed by atoms with Crippen molar-refractivity contribution in [3.05, 3.63) is 18.1 Å². The topological polar surface area (TPSA) is 41.1 Å². The Morgan fingerprint density at radius 2 is 2.38 bits per heavy atom. The average molecular weight is 220 g/mol. The van der Waals surface area contributed by atoms with Crippen molar-refractivity contribution in [1.82, 2.24) is 15.3 Å². The number of aryl methyl sites for hydroxylation is 1. The molecule has 1 aromatic rings. The first kappa shape index (κ1) is 11.3. The van der Waals surface area contributed by atoms with E-state index in [0.717, 1.165) is 31.1 Å². The van der Waals surface area contributed by atoms with Gasteiger partial charge in [-0.1, -0.05) is 0 Å². The summed E-state index contributed by atoms with van der Waals surface area (Å²) in [5, 5.41) is 3.45. The minimum Gasteiger partial charge on any atom is -0.353 e. The van der Waals surface area contributed by atoms with Gasteiger partial charge >= 0.3 is 0 Å². The number of anilines is 1. The van der Waals surface area contributed by atoms with Crippen molar-refractivity contribution in [1.29, 1.82) is 0 Å². The van der Waals surface area contributed by atoms with E-state index >= 15 is 0 Å². The minimum absolute atomic E-state index is 0.577. The fourth-order valence-electron chi connectivity index (χ4n) is 2.30. The summed E-state index contributed by atoms with van der Waals surface area (Å²) in [5.41, 5.74) is 1.03. The van der Waals surface area contributed by atoms with Gasteiger partial charge in [-0.15, -0.1) is 0 Å². The van der Waals surface area contributed by atoms with Gasteiger partial charge in [0.2, 0.25) is 0 Å². The molecular formula is C12H20N4. The second-order valence-corrected chi connectivity index (χ2v) is 4.30. The molecule has 0 aliphatic carbocycles. The van der Waals surface area contributed by atoms with Crippen LogP contribution in [-0.4, -0.2) is 35.6 Å². The molecule has 0 radical (unpaired) electrons. The summed E-state index contributed by atoms with van der Waals surface area (Å²) in [6.45, 7) is 7.42. The standard InChI is InChI=1S/C12H20N4/c1-3-16(11-5-4-6-13-8-11)12-7-10(2)14-9-15-12/h7,9,11,13H,3-6,8H2,1-2H3. The first-order valence-corrected chi connectivity index (χ1v) is 6.07. The Hall–Kier alpha value is -1.16. The highest BCUT2D eigenvalue weighted by molar-refractivity contribution is 5.40. The molecule has 88 valence electrons. The smallest absolute Gasteiger partial charge is 0.132 e. The average Bonchev–Trinajstić information content (AvgIpc) is 2.31. The summed E-state index contributed by atoms with van der Waals surface area (Å²) < 4.78 is 0. The molecule has 4 heteroatoms. The summed E-state index contributed by atoms with van der Waals surface area (Å²) in [7, 11) is 0. The Balaban J connectivity index is 2.14. The van der Waals surface area contributed by atoms with Crippen LogP contribution in [0.3, 0.4) is 0 Å². The van der Waals surface area contributed by atoms with Crippen LogP contribution in [0.2, 0.25) is 0 Å². The van der Waals surface area contributed by atoms with Crippen molar-refractivity contribution in [2.45, 2.75) is 32.7 Å². The van der Waals surface area contributed by atoms with Crippen LogP contribution in [0.25, 0.3) is 0 Å². The third-order valence-electron chi connectivity index (χ3n) is 3.14. The molecule has 1 fully saturated rings. The largest absolute Gasteiger partial charge is 0.353 e. The first-order chi connectivity index (χ1) is 7.81. The van der Waals surface area contributed by atoms with Gasteiger partial charge in [-0.2, -0.15) is 0 Å². The van der Waals surface area contributed by atoms with Gasteiger partial charge in [-0.05, 0) is 33.2 Å². The highest BCUT2D eigenvalue weighted by atomic mass is 15.2. The van der Waals surface area contributed by atoms with E-state index in [1.165, 1.54) is 12.8 Å². The predicted molar refractivity (Wildman–Crippen MR) is 65.7 cm³/mol. The maximum atomic E-state index is 4.37. The second-order valence-electron chi connectivity index (χ2n) is 4.30. The molecule has 0 amide bonds. The van der Waals surface area contributed by atoms with Crippen LogP contribution in [0.15, 0.2) is 12.4 Å². The maximum absolute atomic E-state index is 4.37. The third-order valence-corrected chi connectivity index (χ3v) is 3.14. The monoisotopic (exact) mass is 220 g/mol. The van der Waals surface area contributed by atoms with Crippen molar-refractivity contribution in [2.24, 2.45) is 0 Å². The summed E-state index contributed by atoms with van der Waals surface area (Å²) in [6.07, 6.45) is 4.17. The van der Waals surface area contributed by atoms with Crippen molar-refractivity contribution in [3.63, 3.8) is 0 Å². The zero-order valence-corrected chi connectivity index (χ0v) is 10.1. The SMILES string of the molecule is CCN(c1cc(C)ncn1)C1CCCNC1. The van der Waals surface area contributed by atoms with Crippen LogP contribution >= 0.6 is 0 Å². The molecule has 2 rings (SSSR count). The Morgan fingerprint density at radius 3 is 3.00 bits per heavy atom. The number of nitrogens with zero attached hydrogens (tertiary/aromatic N) is 3. The highest BCUT2D eigenvalue weighted by Gasteiger charge is 2.20. The Morgan fingerprint density at radius 1 is 1.50 bits per heavy atom. The van der Waals surface area contributed by atoms with Crippen LogP contribution in [0, 0.1) is 6.92 Å². The van der Waals surface area contributed by atoms with Crippen LogP contribution < -0.4 is 10.2 Å². The van der Waals surface area contributed by atoms with Gasteiger partial charge in [0.15, 0.2) is 0 Å². The van der Waals surface area contributed by atoms with Crippen molar-refractivity contribution in [2.75, 3.05) is 24.5 Å². The molecule has 1 saturated heterocycles. The van der Waals surface area contributed by atoms with Crippen molar-refractivity contribution in [3.8, 4) is 0 Å². The molecular weight excluding hydrogens is 200 g/mol. The number of likely N-dealkylation sites (N-methyl/N-ethyl adjacent to an activating group) is 1. The Kier molecular flexibility index (Phi) is 3.72. The molecule has 2 heterocycles. The van der Waals surface area contributed by atoms with Gasteiger partial charge in [-0.3, -0.25) is 0 Å². The second kappa shape index (κ2) is 5.25. The number of nitrogens with one attached hydrogen (secondary N) is 1. The Labute approximate surface area is 97.1 Å². The van der Waals surface area contributed by atoms with E-state index in [-0.39, 0.29) is 0 Å². The predicted octanol–water partition coefficient (Wildman–Crippen LogP) is 1.36. The van der Waals surface area contributed by atoms with Gasteiger partial charge in [0.05, 0.1) is 0 Å². The lowest BCUT2D eigenvalue weighted by molar-refractivity contribution is 0.433. The molecule has 0 aromatic carbocycles. The number of hydrogen-bond acceptors (Lipinski definition) is 4. The van der Waals surface area contributed by atoms with E-state index in [9.17, 15) is 0 Å². The molecule has 4 nitrogen and oxygen atoms in total. The molecule has 0 spiro atoms. The van der Waals surface area contributed by atoms with Crippen LogP contribution in [-0.2, 0) is 0 Å². The molecule has 1 unspecified atom stereocenters. The van der Waals surface area contributed by atoms with Crippen LogP contribution in [0.5, 0.6) is 0 Å². The van der Waals surface area contributed by atoms with Crippen LogP contribution in [0.1, 0.15) is 25.5 Å². The van der Waals surface area contributed by atoms with E-state index in [1.54, 1.807) is 6.33 Å². The lowest BCUT2D eigenvalue weighted by Gasteiger charge is -2.34. The summed E-state index contributed by atoms with van der Waals surface area (Å²) in [6, 6.07) is 2.64. The molecule has 1 atom stereocenters. The Bertz CT molecular complexity index is 334. The molecule has 1 aromatic heterocycles. The fourth-order valence-corrected chi connectivity index (χ4v) is 2.30. The van der Waals surface area contributed by atoms with Crippen molar-refractivity contribution >= 4 is 5.82 Å². The van der Waals surface area contributed by atoms with Gasteiger partial charge in [0.25, 0.3) is 0 Å². The number of hydrogen-bond donors (Lipinski definition) is 1. The third kappa shape index (κ3) is 2.50. The number of piperidine rings is 1. The molecule has 1 aliphatic rings. The minimum atomic E-state index is 0.577. The molecule has 0 bridgehead atoms. The normalized spacial score (nSPS) is 20.8. The quantitative estimate of drug-likeness (QED) is 0.835. The van der Waals surface area contributed by atoms with E-state index in [2.05, 4.69) is 33.2 Å². The van der Waals surface area contributed by atoms with E-state index in [0.29, 0.717) is 6.04 Å². The zero-order chi connectivity index (χ0) is 11.4. The van der Waals surface area contributed by atoms with Gasteiger partial charge < -0.3 is 10.2 Å². The number of rotatable bonds is 3. The first-order valence-electron chi connectivity index (χ1n) is 6.07. The molecule has 0 saturated carbocycles. The highest BCUT2D eigenvalue weighted by Crippen LogP contribution is 2.18. The lowest BCUT2D eigenvalue weighted by atomic mass is 10.1. The molecule has 16 heavy (non-hydrogen) atoms. The van der Waals surface area contributed by atoms with E-state index in [1.807, 2.05) is 6.92 Å². The van der Waals surface area contributed by atoms with E-state index < -0.39 is 0 Å². The van der Waals surface area contributed by atoms with E-state index in [4.69, 9.17) is 0 Å². The molecule has 1 aliphatic heterocycles. The van der Waals surface area contributed by atoms with Crippen molar-refractivity contribution < 1.29 is 0 Å². The lowest BCUT2D eigenvalue weighted by Crippen LogP contribution is -2.46. The number of aromatic nitrogens is 2.